The monoisotopic (exact) mass is 353 g/mol. The molecule has 2 aliphatic heterocycles. The van der Waals surface area contributed by atoms with Crippen LogP contribution in [0.3, 0.4) is 0 Å². The molecule has 2 saturated heterocycles. The van der Waals surface area contributed by atoms with Crippen LogP contribution < -0.4 is 5.32 Å². The number of nitrogens with zero attached hydrogens (tertiary/aromatic N) is 3. The van der Waals surface area contributed by atoms with Gasteiger partial charge >= 0.3 is 0 Å². The van der Waals surface area contributed by atoms with Gasteiger partial charge in [-0.2, -0.15) is 0 Å². The molecule has 0 aromatic carbocycles. The molecule has 3 heterocycles. The summed E-state index contributed by atoms with van der Waals surface area (Å²) in [5, 5.41) is 10.7. The van der Waals surface area contributed by atoms with E-state index in [4.69, 9.17) is 4.74 Å². The average Bonchev–Trinajstić information content (AvgIpc) is 3.05. The molecule has 0 unspecified atom stereocenters. The zero-order valence-electron chi connectivity index (χ0n) is 14.3. The molecule has 2 N–H and O–H groups in total. The zero-order valence-corrected chi connectivity index (χ0v) is 15.1. The van der Waals surface area contributed by atoms with Gasteiger partial charge in [0.25, 0.3) is 0 Å². The van der Waals surface area contributed by atoms with Gasteiger partial charge in [-0.05, 0) is 39.2 Å². The van der Waals surface area contributed by atoms with E-state index in [1.807, 2.05) is 6.92 Å². The standard InChI is InChI=1S/C16H27N5O2S/c1-12-18-16(20-19-12)24-10-6-17-15(22)13-3-2-7-21(11-13)14-4-8-23-9-5-14/h13-14H,2-11H2,1H3,(H,17,22)(H,18,19,20)/t13-/m0/s1. The Morgan fingerprint density at radius 1 is 1.42 bits per heavy atom. The molecule has 3 rings (SSSR count). The summed E-state index contributed by atoms with van der Waals surface area (Å²) in [5.74, 6) is 1.92. The Balaban J connectivity index is 1.37. The van der Waals surface area contributed by atoms with Crippen molar-refractivity contribution >= 4 is 17.7 Å². The summed E-state index contributed by atoms with van der Waals surface area (Å²) in [4.78, 5) is 19.2. The van der Waals surface area contributed by atoms with E-state index in [9.17, 15) is 4.79 Å². The summed E-state index contributed by atoms with van der Waals surface area (Å²) in [6, 6.07) is 0.596. The van der Waals surface area contributed by atoms with Crippen molar-refractivity contribution in [2.75, 3.05) is 38.6 Å². The lowest BCUT2D eigenvalue weighted by Gasteiger charge is -2.39. The third-order valence-electron chi connectivity index (χ3n) is 4.74. The van der Waals surface area contributed by atoms with Gasteiger partial charge in [0.05, 0.1) is 5.92 Å². The number of aromatic amines is 1. The molecule has 24 heavy (non-hydrogen) atoms. The topological polar surface area (TPSA) is 83.1 Å². The summed E-state index contributed by atoms with van der Waals surface area (Å²) in [6.07, 6.45) is 4.31. The van der Waals surface area contributed by atoms with Crippen molar-refractivity contribution in [3.63, 3.8) is 0 Å². The predicted molar refractivity (Wildman–Crippen MR) is 93.0 cm³/mol. The van der Waals surface area contributed by atoms with Gasteiger partial charge < -0.3 is 10.1 Å². The quantitative estimate of drug-likeness (QED) is 0.591. The van der Waals surface area contributed by atoms with E-state index < -0.39 is 0 Å². The number of likely N-dealkylation sites (tertiary alicyclic amines) is 1. The van der Waals surface area contributed by atoms with Crippen molar-refractivity contribution in [3.8, 4) is 0 Å². The zero-order chi connectivity index (χ0) is 16.8. The molecule has 0 bridgehead atoms. The maximum absolute atomic E-state index is 12.4. The first-order chi connectivity index (χ1) is 11.7. The number of carbonyl (C=O) groups is 1. The van der Waals surface area contributed by atoms with Crippen molar-refractivity contribution in [3.05, 3.63) is 5.82 Å². The van der Waals surface area contributed by atoms with Gasteiger partial charge in [0, 0.05) is 38.1 Å². The largest absolute Gasteiger partial charge is 0.381 e. The van der Waals surface area contributed by atoms with Crippen molar-refractivity contribution in [2.24, 2.45) is 5.92 Å². The lowest BCUT2D eigenvalue weighted by Crippen LogP contribution is -2.48. The highest BCUT2D eigenvalue weighted by Crippen LogP contribution is 2.23. The summed E-state index contributed by atoms with van der Waals surface area (Å²) in [7, 11) is 0. The summed E-state index contributed by atoms with van der Waals surface area (Å²) < 4.78 is 5.45. The maximum Gasteiger partial charge on any atom is 0.224 e. The van der Waals surface area contributed by atoms with Crippen LogP contribution in [0.1, 0.15) is 31.5 Å². The molecule has 0 aliphatic carbocycles. The van der Waals surface area contributed by atoms with Gasteiger partial charge in [-0.15, -0.1) is 5.10 Å². The van der Waals surface area contributed by atoms with Crippen molar-refractivity contribution in [1.82, 2.24) is 25.4 Å². The van der Waals surface area contributed by atoms with Crippen LogP contribution in [0.2, 0.25) is 0 Å². The SMILES string of the molecule is Cc1nc(SCCNC(=O)[C@H]2CCCN(C3CCOCC3)C2)n[nH]1. The van der Waals surface area contributed by atoms with Gasteiger partial charge in [0.1, 0.15) is 5.82 Å². The summed E-state index contributed by atoms with van der Waals surface area (Å²) in [6.45, 7) is 6.26. The van der Waals surface area contributed by atoms with Crippen molar-refractivity contribution < 1.29 is 9.53 Å². The van der Waals surface area contributed by atoms with Crippen LogP contribution in [-0.4, -0.2) is 70.6 Å². The van der Waals surface area contributed by atoms with E-state index in [1.165, 1.54) is 0 Å². The molecule has 7 nitrogen and oxygen atoms in total. The van der Waals surface area contributed by atoms with E-state index >= 15 is 0 Å². The third kappa shape index (κ3) is 4.94. The number of ether oxygens (including phenoxy) is 1. The van der Waals surface area contributed by atoms with Gasteiger partial charge in [-0.3, -0.25) is 14.8 Å². The highest BCUT2D eigenvalue weighted by Gasteiger charge is 2.30. The first-order valence-electron chi connectivity index (χ1n) is 8.83. The molecule has 134 valence electrons. The second-order valence-corrected chi connectivity index (χ2v) is 7.58. The molecule has 0 saturated carbocycles. The van der Waals surface area contributed by atoms with Gasteiger partial charge in [0.2, 0.25) is 11.1 Å². The minimum Gasteiger partial charge on any atom is -0.381 e. The number of aryl methyl sites for hydroxylation is 1. The number of piperidine rings is 1. The normalized spacial score (nSPS) is 23.3. The van der Waals surface area contributed by atoms with E-state index in [0.29, 0.717) is 12.6 Å². The van der Waals surface area contributed by atoms with Crippen LogP contribution in [0.5, 0.6) is 0 Å². The van der Waals surface area contributed by atoms with Crippen LogP contribution in [-0.2, 0) is 9.53 Å². The first kappa shape index (κ1) is 17.7. The smallest absolute Gasteiger partial charge is 0.224 e. The van der Waals surface area contributed by atoms with Crippen molar-refractivity contribution in [2.45, 2.75) is 43.8 Å². The molecule has 1 amide bonds. The second kappa shape index (κ2) is 8.82. The number of aromatic nitrogens is 3. The second-order valence-electron chi connectivity index (χ2n) is 6.52. The van der Waals surface area contributed by atoms with Crippen LogP contribution >= 0.6 is 11.8 Å². The molecule has 0 spiro atoms. The number of nitrogens with one attached hydrogen (secondary N) is 2. The van der Waals surface area contributed by atoms with Gasteiger partial charge in [-0.1, -0.05) is 11.8 Å². The minimum absolute atomic E-state index is 0.123. The molecular weight excluding hydrogens is 326 g/mol. The first-order valence-corrected chi connectivity index (χ1v) is 9.82. The lowest BCUT2D eigenvalue weighted by atomic mass is 9.94. The number of rotatable bonds is 6. The van der Waals surface area contributed by atoms with E-state index in [-0.39, 0.29) is 11.8 Å². The summed E-state index contributed by atoms with van der Waals surface area (Å²) in [5.41, 5.74) is 0. The fraction of sp³-hybridized carbons (Fsp3) is 0.812. The average molecular weight is 353 g/mol. The molecule has 1 atom stereocenters. The molecule has 8 heteroatoms. The van der Waals surface area contributed by atoms with Gasteiger partial charge in [0.15, 0.2) is 0 Å². The number of H-pyrrole nitrogens is 1. The fourth-order valence-corrected chi connectivity index (χ4v) is 4.15. The molecular formula is C16H27N5O2S. The lowest BCUT2D eigenvalue weighted by molar-refractivity contribution is -0.127. The number of amides is 1. The Bertz CT molecular complexity index is 532. The number of hydrogen-bond donors (Lipinski definition) is 2. The van der Waals surface area contributed by atoms with Crippen LogP contribution in [0.15, 0.2) is 5.16 Å². The highest BCUT2D eigenvalue weighted by atomic mass is 32.2. The Kier molecular flexibility index (Phi) is 6.51. The number of thioether (sulfide) groups is 1. The van der Waals surface area contributed by atoms with Crippen LogP contribution in [0, 0.1) is 12.8 Å². The Hall–Kier alpha value is -1.12. The molecule has 0 radical (unpaired) electrons. The van der Waals surface area contributed by atoms with E-state index in [1.54, 1.807) is 11.8 Å². The molecule has 2 fully saturated rings. The Morgan fingerprint density at radius 3 is 3.00 bits per heavy atom. The van der Waals surface area contributed by atoms with E-state index in [2.05, 4.69) is 25.4 Å². The Morgan fingerprint density at radius 2 is 2.25 bits per heavy atom. The maximum atomic E-state index is 12.4. The number of carbonyl (C=O) groups excluding carboxylic acids is 1. The molecule has 1 aromatic heterocycles. The minimum atomic E-state index is 0.123. The third-order valence-corrected chi connectivity index (χ3v) is 5.59. The van der Waals surface area contributed by atoms with Crippen LogP contribution in [0.4, 0.5) is 0 Å². The van der Waals surface area contributed by atoms with Gasteiger partial charge in [-0.25, -0.2) is 4.98 Å². The van der Waals surface area contributed by atoms with Crippen molar-refractivity contribution in [1.29, 1.82) is 0 Å². The number of hydrogen-bond acceptors (Lipinski definition) is 6. The fourth-order valence-electron chi connectivity index (χ4n) is 3.45. The predicted octanol–water partition coefficient (Wildman–Crippen LogP) is 1.21. The molecule has 1 aromatic rings. The van der Waals surface area contributed by atoms with Crippen LogP contribution in [0.25, 0.3) is 0 Å². The summed E-state index contributed by atoms with van der Waals surface area (Å²) >= 11 is 1.56. The Labute approximate surface area is 147 Å². The van der Waals surface area contributed by atoms with E-state index in [0.717, 1.165) is 68.7 Å². The molecule has 2 aliphatic rings. The highest BCUT2D eigenvalue weighted by molar-refractivity contribution is 7.99.